The number of likely N-dealkylation sites (tertiary alicyclic amines) is 1. The van der Waals surface area contributed by atoms with Crippen LogP contribution in [-0.4, -0.2) is 42.6 Å². The molecular formula is C13H24N2O2S. The number of carbonyl (C=O) groups is 1. The van der Waals surface area contributed by atoms with Crippen molar-refractivity contribution in [3.8, 4) is 0 Å². The lowest BCUT2D eigenvalue weighted by atomic mass is 9.91. The van der Waals surface area contributed by atoms with Crippen LogP contribution in [0, 0.1) is 17.8 Å². The monoisotopic (exact) mass is 272 g/mol. The van der Waals surface area contributed by atoms with Crippen molar-refractivity contribution >= 4 is 23.1 Å². The van der Waals surface area contributed by atoms with Gasteiger partial charge in [-0.05, 0) is 24.7 Å². The van der Waals surface area contributed by atoms with E-state index in [1.54, 1.807) is 7.11 Å². The molecule has 1 aliphatic heterocycles. The highest BCUT2D eigenvalue weighted by atomic mass is 32.1. The van der Waals surface area contributed by atoms with Crippen molar-refractivity contribution < 1.29 is 9.53 Å². The number of piperidine rings is 1. The summed E-state index contributed by atoms with van der Waals surface area (Å²) in [5.41, 5.74) is 5.70. The van der Waals surface area contributed by atoms with E-state index in [1.807, 2.05) is 18.7 Å². The van der Waals surface area contributed by atoms with E-state index < -0.39 is 0 Å². The average molecular weight is 272 g/mol. The molecule has 5 heteroatoms. The first-order valence-corrected chi connectivity index (χ1v) is 6.95. The number of hydrogen-bond donors (Lipinski definition) is 1. The smallest absolute Gasteiger partial charge is 0.232 e. The van der Waals surface area contributed by atoms with Gasteiger partial charge in [0.25, 0.3) is 0 Å². The Hall–Kier alpha value is -0.680. The summed E-state index contributed by atoms with van der Waals surface area (Å²) in [4.78, 5) is 14.7. The van der Waals surface area contributed by atoms with E-state index >= 15 is 0 Å². The van der Waals surface area contributed by atoms with Crippen molar-refractivity contribution in [1.82, 2.24) is 4.90 Å². The molecular weight excluding hydrogens is 248 g/mol. The Morgan fingerprint density at radius 1 is 1.56 bits per heavy atom. The molecule has 1 saturated heterocycles. The van der Waals surface area contributed by atoms with Crippen molar-refractivity contribution in [3.05, 3.63) is 0 Å². The standard InChI is InChI=1S/C13H24N2O2S/c1-9(2)11(12(14)18)13(16)15-6-4-5-10(7-15)8-17-3/h9-11H,4-8H2,1-3H3,(H2,14,18). The lowest BCUT2D eigenvalue weighted by Gasteiger charge is -2.35. The van der Waals surface area contributed by atoms with E-state index in [9.17, 15) is 4.79 Å². The molecule has 0 saturated carbocycles. The second kappa shape index (κ2) is 7.04. The van der Waals surface area contributed by atoms with Gasteiger partial charge < -0.3 is 15.4 Å². The number of amides is 1. The fourth-order valence-corrected chi connectivity index (χ4v) is 2.94. The number of carbonyl (C=O) groups excluding carboxylic acids is 1. The molecule has 0 bridgehead atoms. The van der Waals surface area contributed by atoms with E-state index in [0.717, 1.165) is 25.9 Å². The van der Waals surface area contributed by atoms with Crippen LogP contribution in [0.5, 0.6) is 0 Å². The molecule has 1 rings (SSSR count). The molecule has 2 unspecified atom stereocenters. The van der Waals surface area contributed by atoms with Crippen molar-refractivity contribution in [2.75, 3.05) is 26.8 Å². The Morgan fingerprint density at radius 3 is 2.72 bits per heavy atom. The van der Waals surface area contributed by atoms with Crippen LogP contribution in [0.2, 0.25) is 0 Å². The maximum Gasteiger partial charge on any atom is 0.232 e. The second-order valence-corrected chi connectivity index (χ2v) is 5.84. The molecule has 1 heterocycles. The molecule has 18 heavy (non-hydrogen) atoms. The minimum absolute atomic E-state index is 0.0818. The first kappa shape index (κ1) is 15.4. The summed E-state index contributed by atoms with van der Waals surface area (Å²) in [7, 11) is 1.70. The lowest BCUT2D eigenvalue weighted by molar-refractivity contribution is -0.136. The number of rotatable bonds is 5. The molecule has 2 N–H and O–H groups in total. The molecule has 4 nitrogen and oxygen atoms in total. The Kier molecular flexibility index (Phi) is 6.02. The first-order valence-electron chi connectivity index (χ1n) is 6.54. The van der Waals surface area contributed by atoms with Crippen LogP contribution in [0.3, 0.4) is 0 Å². The van der Waals surface area contributed by atoms with E-state index in [0.29, 0.717) is 17.5 Å². The fraction of sp³-hybridized carbons (Fsp3) is 0.846. The minimum Gasteiger partial charge on any atom is -0.393 e. The first-order chi connectivity index (χ1) is 8.47. The Balaban J connectivity index is 2.67. The highest BCUT2D eigenvalue weighted by Crippen LogP contribution is 2.21. The maximum atomic E-state index is 12.4. The normalized spacial score (nSPS) is 22.0. The highest BCUT2D eigenvalue weighted by Gasteiger charge is 2.32. The van der Waals surface area contributed by atoms with Gasteiger partial charge in [-0.3, -0.25) is 4.79 Å². The number of nitrogens with zero attached hydrogens (tertiary/aromatic N) is 1. The zero-order valence-electron chi connectivity index (χ0n) is 11.5. The highest BCUT2D eigenvalue weighted by molar-refractivity contribution is 7.80. The number of nitrogens with two attached hydrogens (primary N) is 1. The third-order valence-corrected chi connectivity index (χ3v) is 3.73. The van der Waals surface area contributed by atoms with Gasteiger partial charge in [-0.2, -0.15) is 0 Å². The van der Waals surface area contributed by atoms with Crippen LogP contribution in [0.25, 0.3) is 0 Å². The zero-order valence-corrected chi connectivity index (χ0v) is 12.3. The van der Waals surface area contributed by atoms with Gasteiger partial charge in [-0.15, -0.1) is 0 Å². The van der Waals surface area contributed by atoms with E-state index in [-0.39, 0.29) is 17.7 Å². The summed E-state index contributed by atoms with van der Waals surface area (Å²) in [6.45, 7) is 6.25. The molecule has 0 radical (unpaired) electrons. The Bertz CT molecular complexity index is 305. The lowest BCUT2D eigenvalue weighted by Crippen LogP contribution is -2.48. The van der Waals surface area contributed by atoms with Crippen LogP contribution < -0.4 is 5.73 Å². The van der Waals surface area contributed by atoms with Crippen molar-refractivity contribution in [2.45, 2.75) is 26.7 Å². The zero-order chi connectivity index (χ0) is 13.7. The number of thiocarbonyl (C=S) groups is 1. The quantitative estimate of drug-likeness (QED) is 0.769. The van der Waals surface area contributed by atoms with Gasteiger partial charge in [0.1, 0.15) is 0 Å². The van der Waals surface area contributed by atoms with Crippen LogP contribution in [0.4, 0.5) is 0 Å². The van der Waals surface area contributed by atoms with E-state index in [2.05, 4.69) is 0 Å². The topological polar surface area (TPSA) is 55.6 Å². The van der Waals surface area contributed by atoms with Gasteiger partial charge >= 0.3 is 0 Å². The molecule has 0 spiro atoms. The SMILES string of the molecule is COCC1CCCN(C(=O)C(C(N)=S)C(C)C)C1. The molecule has 0 aromatic heterocycles. The summed E-state index contributed by atoms with van der Waals surface area (Å²) in [5, 5.41) is 0. The number of hydrogen-bond acceptors (Lipinski definition) is 3. The van der Waals surface area contributed by atoms with Crippen molar-refractivity contribution in [3.63, 3.8) is 0 Å². The van der Waals surface area contributed by atoms with Gasteiger partial charge in [0.15, 0.2) is 0 Å². The molecule has 1 fully saturated rings. The predicted molar refractivity (Wildman–Crippen MR) is 76.3 cm³/mol. The van der Waals surface area contributed by atoms with E-state index in [1.165, 1.54) is 0 Å². The summed E-state index contributed by atoms with van der Waals surface area (Å²) in [6, 6.07) is 0. The number of methoxy groups -OCH3 is 1. The molecule has 1 amide bonds. The molecule has 2 atom stereocenters. The molecule has 0 aromatic rings. The van der Waals surface area contributed by atoms with Crippen LogP contribution >= 0.6 is 12.2 Å². The van der Waals surface area contributed by atoms with Gasteiger partial charge in [0, 0.05) is 20.2 Å². The third-order valence-electron chi connectivity index (χ3n) is 3.47. The Labute approximate surface area is 115 Å². The van der Waals surface area contributed by atoms with Gasteiger partial charge in [0.05, 0.1) is 17.5 Å². The van der Waals surface area contributed by atoms with Crippen molar-refractivity contribution in [2.24, 2.45) is 23.5 Å². The van der Waals surface area contributed by atoms with Gasteiger partial charge in [-0.1, -0.05) is 26.1 Å². The van der Waals surface area contributed by atoms with Crippen LogP contribution in [0.15, 0.2) is 0 Å². The summed E-state index contributed by atoms with van der Waals surface area (Å²) < 4.78 is 5.18. The van der Waals surface area contributed by atoms with Crippen molar-refractivity contribution in [1.29, 1.82) is 0 Å². The summed E-state index contributed by atoms with van der Waals surface area (Å²) in [6.07, 6.45) is 2.15. The average Bonchev–Trinajstić information content (AvgIpc) is 2.28. The summed E-state index contributed by atoms with van der Waals surface area (Å²) >= 11 is 5.03. The van der Waals surface area contributed by atoms with Gasteiger partial charge in [0.2, 0.25) is 5.91 Å². The largest absolute Gasteiger partial charge is 0.393 e. The van der Waals surface area contributed by atoms with Crippen LogP contribution in [-0.2, 0) is 9.53 Å². The maximum absolute atomic E-state index is 12.4. The molecule has 0 aromatic carbocycles. The predicted octanol–water partition coefficient (Wildman–Crippen LogP) is 1.43. The third kappa shape index (κ3) is 3.92. The molecule has 1 aliphatic rings. The van der Waals surface area contributed by atoms with Gasteiger partial charge in [-0.25, -0.2) is 0 Å². The number of ether oxygens (including phenoxy) is 1. The summed E-state index contributed by atoms with van der Waals surface area (Å²) in [5.74, 6) is 0.337. The Morgan fingerprint density at radius 2 is 2.22 bits per heavy atom. The van der Waals surface area contributed by atoms with E-state index in [4.69, 9.17) is 22.7 Å². The van der Waals surface area contributed by atoms with Crippen LogP contribution in [0.1, 0.15) is 26.7 Å². The minimum atomic E-state index is -0.332. The second-order valence-electron chi connectivity index (χ2n) is 5.37. The fourth-order valence-electron chi connectivity index (χ4n) is 2.57. The molecule has 104 valence electrons. The molecule has 0 aliphatic carbocycles.